The van der Waals surface area contributed by atoms with Crippen molar-refractivity contribution in [1.82, 2.24) is 4.98 Å². The highest BCUT2D eigenvalue weighted by atomic mass is 16.3. The van der Waals surface area contributed by atoms with Crippen LogP contribution in [0.15, 0.2) is 83.9 Å². The van der Waals surface area contributed by atoms with E-state index in [1.807, 2.05) is 37.4 Å². The van der Waals surface area contributed by atoms with Gasteiger partial charge >= 0.3 is 0 Å². The maximum atomic E-state index is 6.19. The van der Waals surface area contributed by atoms with Crippen LogP contribution in [0, 0.1) is 0 Å². The fourth-order valence-corrected chi connectivity index (χ4v) is 3.59. The summed E-state index contributed by atoms with van der Waals surface area (Å²) in [4.78, 5) is 4.69. The number of hydrogen-bond donors (Lipinski definition) is 0. The van der Waals surface area contributed by atoms with Crippen molar-refractivity contribution in [3.8, 4) is 11.3 Å². The smallest absolute Gasteiger partial charge is 0.144 e. The molecule has 2 aromatic heterocycles. The zero-order valence-corrected chi connectivity index (χ0v) is 14.5. The summed E-state index contributed by atoms with van der Waals surface area (Å²) in [7, 11) is 0. The third-order valence-corrected chi connectivity index (χ3v) is 4.92. The van der Waals surface area contributed by atoms with Crippen molar-refractivity contribution in [2.45, 2.75) is 6.92 Å². The second-order valence-electron chi connectivity index (χ2n) is 6.66. The van der Waals surface area contributed by atoms with Gasteiger partial charge in [0.2, 0.25) is 0 Å². The van der Waals surface area contributed by atoms with Crippen molar-refractivity contribution in [2.75, 3.05) is 0 Å². The third-order valence-electron chi connectivity index (χ3n) is 4.92. The first-order chi connectivity index (χ1) is 12.7. The summed E-state index contributed by atoms with van der Waals surface area (Å²) in [5.41, 5.74) is 5.96. The molecule has 0 aliphatic heterocycles. The summed E-state index contributed by atoms with van der Waals surface area (Å²) in [5, 5.41) is 4.53. The number of para-hydroxylation sites is 2. The van der Waals surface area contributed by atoms with Crippen LogP contribution in [-0.2, 0) is 0 Å². The summed E-state index contributed by atoms with van der Waals surface area (Å²) in [5.74, 6) is 0. The van der Waals surface area contributed by atoms with E-state index in [1.54, 1.807) is 0 Å². The highest BCUT2D eigenvalue weighted by Gasteiger charge is 2.14. The number of nitrogens with zero attached hydrogens (tertiary/aromatic N) is 1. The molecule has 0 spiro atoms. The Labute approximate surface area is 151 Å². The van der Waals surface area contributed by atoms with E-state index in [0.717, 1.165) is 55.1 Å². The molecule has 0 fully saturated rings. The zero-order valence-electron chi connectivity index (χ0n) is 14.5. The molecule has 0 radical (unpaired) electrons. The number of allylic oxidation sites excluding steroid dienone is 1. The molecule has 0 N–H and O–H groups in total. The maximum Gasteiger partial charge on any atom is 0.144 e. The Bertz CT molecular complexity index is 1310. The van der Waals surface area contributed by atoms with Crippen molar-refractivity contribution >= 4 is 38.3 Å². The molecule has 0 aliphatic carbocycles. The number of rotatable bonds is 2. The van der Waals surface area contributed by atoms with E-state index in [0.29, 0.717) is 0 Å². The topological polar surface area (TPSA) is 26.0 Å². The van der Waals surface area contributed by atoms with E-state index in [4.69, 9.17) is 4.42 Å². The Morgan fingerprint density at radius 1 is 0.885 bits per heavy atom. The molecular formula is C24H17NO. The summed E-state index contributed by atoms with van der Waals surface area (Å²) in [6.07, 6.45) is 1.86. The lowest BCUT2D eigenvalue weighted by molar-refractivity contribution is 0.670. The molecular weight excluding hydrogens is 318 g/mol. The first-order valence-electron chi connectivity index (χ1n) is 8.68. The second-order valence-corrected chi connectivity index (χ2v) is 6.66. The summed E-state index contributed by atoms with van der Waals surface area (Å²) < 4.78 is 6.19. The summed E-state index contributed by atoms with van der Waals surface area (Å²) in [6, 6.07) is 22.9. The van der Waals surface area contributed by atoms with Gasteiger partial charge in [0, 0.05) is 27.9 Å². The number of benzene rings is 3. The van der Waals surface area contributed by atoms with Crippen LogP contribution in [-0.4, -0.2) is 4.98 Å². The van der Waals surface area contributed by atoms with E-state index in [2.05, 4.69) is 54.0 Å². The average molecular weight is 335 g/mol. The van der Waals surface area contributed by atoms with Gasteiger partial charge in [-0.2, -0.15) is 0 Å². The second kappa shape index (κ2) is 5.57. The van der Waals surface area contributed by atoms with Crippen LogP contribution in [0.5, 0.6) is 0 Å². The predicted octanol–water partition coefficient (Wildman–Crippen LogP) is 6.83. The van der Waals surface area contributed by atoms with Crippen LogP contribution in [0.1, 0.15) is 12.5 Å². The number of pyridine rings is 1. The minimum absolute atomic E-state index is 0.887. The zero-order chi connectivity index (χ0) is 17.7. The Kier molecular flexibility index (Phi) is 3.19. The van der Waals surface area contributed by atoms with Crippen LogP contribution >= 0.6 is 0 Å². The SMILES string of the molecule is C=C(C)c1ccc2c(-c3cccc4c3oc3ccccc34)nccc2c1. The fraction of sp³-hybridized carbons (Fsp3) is 0.0417. The molecule has 0 saturated heterocycles. The Balaban J connectivity index is 1.84. The van der Waals surface area contributed by atoms with Gasteiger partial charge in [-0.1, -0.05) is 54.6 Å². The molecule has 124 valence electrons. The van der Waals surface area contributed by atoms with Gasteiger partial charge in [-0.3, -0.25) is 4.98 Å². The van der Waals surface area contributed by atoms with Gasteiger partial charge in [-0.05, 0) is 42.1 Å². The lowest BCUT2D eigenvalue weighted by Crippen LogP contribution is -1.88. The van der Waals surface area contributed by atoms with E-state index in [-0.39, 0.29) is 0 Å². The van der Waals surface area contributed by atoms with Crippen LogP contribution in [0.3, 0.4) is 0 Å². The summed E-state index contributed by atoms with van der Waals surface area (Å²) in [6.45, 7) is 6.07. The van der Waals surface area contributed by atoms with Crippen molar-refractivity contribution in [3.05, 3.63) is 85.1 Å². The first kappa shape index (κ1) is 14.9. The van der Waals surface area contributed by atoms with Crippen LogP contribution in [0.2, 0.25) is 0 Å². The molecule has 0 aliphatic rings. The van der Waals surface area contributed by atoms with Crippen LogP contribution in [0.25, 0.3) is 49.5 Å². The van der Waals surface area contributed by atoms with Crippen LogP contribution in [0.4, 0.5) is 0 Å². The van der Waals surface area contributed by atoms with E-state index >= 15 is 0 Å². The molecule has 5 rings (SSSR count). The van der Waals surface area contributed by atoms with Gasteiger partial charge in [0.1, 0.15) is 11.2 Å². The number of fused-ring (bicyclic) bond motifs is 4. The standard InChI is InChI=1S/C24H17NO/c1-15(2)16-10-11-18-17(14-16)12-13-25-23(18)21-8-5-7-20-19-6-3-4-9-22(19)26-24(20)21/h3-14H,1H2,2H3. The Morgan fingerprint density at radius 2 is 1.73 bits per heavy atom. The molecule has 0 saturated carbocycles. The fourth-order valence-electron chi connectivity index (χ4n) is 3.59. The maximum absolute atomic E-state index is 6.19. The van der Waals surface area contributed by atoms with E-state index in [9.17, 15) is 0 Å². The number of furan rings is 1. The van der Waals surface area contributed by atoms with E-state index in [1.165, 1.54) is 0 Å². The van der Waals surface area contributed by atoms with Gasteiger partial charge < -0.3 is 4.42 Å². The van der Waals surface area contributed by atoms with Crippen molar-refractivity contribution in [2.24, 2.45) is 0 Å². The quantitative estimate of drug-likeness (QED) is 0.353. The average Bonchev–Trinajstić information content (AvgIpc) is 3.06. The molecule has 5 aromatic rings. The van der Waals surface area contributed by atoms with Gasteiger partial charge in [-0.15, -0.1) is 0 Å². The minimum Gasteiger partial charge on any atom is -0.455 e. The van der Waals surface area contributed by atoms with Gasteiger partial charge in [-0.25, -0.2) is 0 Å². The summed E-state index contributed by atoms with van der Waals surface area (Å²) >= 11 is 0. The van der Waals surface area contributed by atoms with Crippen molar-refractivity contribution < 1.29 is 4.42 Å². The minimum atomic E-state index is 0.887. The van der Waals surface area contributed by atoms with E-state index < -0.39 is 0 Å². The van der Waals surface area contributed by atoms with Crippen molar-refractivity contribution in [3.63, 3.8) is 0 Å². The molecule has 3 aromatic carbocycles. The molecule has 0 atom stereocenters. The molecule has 0 bridgehead atoms. The predicted molar refractivity (Wildman–Crippen MR) is 109 cm³/mol. The highest BCUT2D eigenvalue weighted by molar-refractivity contribution is 6.11. The normalized spacial score (nSPS) is 11.4. The highest BCUT2D eigenvalue weighted by Crippen LogP contribution is 2.37. The molecule has 2 heteroatoms. The van der Waals surface area contributed by atoms with Gasteiger partial charge in [0.05, 0.1) is 5.69 Å². The number of hydrogen-bond acceptors (Lipinski definition) is 2. The largest absolute Gasteiger partial charge is 0.455 e. The van der Waals surface area contributed by atoms with Crippen molar-refractivity contribution in [1.29, 1.82) is 0 Å². The monoisotopic (exact) mass is 335 g/mol. The Morgan fingerprint density at radius 3 is 2.62 bits per heavy atom. The third kappa shape index (κ3) is 2.16. The lowest BCUT2D eigenvalue weighted by atomic mass is 9.99. The Hall–Kier alpha value is -3.39. The van der Waals surface area contributed by atoms with Crippen LogP contribution < -0.4 is 0 Å². The number of aromatic nitrogens is 1. The molecule has 2 nitrogen and oxygen atoms in total. The van der Waals surface area contributed by atoms with Gasteiger partial charge in [0.15, 0.2) is 0 Å². The molecule has 0 unspecified atom stereocenters. The lowest BCUT2D eigenvalue weighted by Gasteiger charge is -2.08. The molecule has 2 heterocycles. The first-order valence-corrected chi connectivity index (χ1v) is 8.68. The molecule has 26 heavy (non-hydrogen) atoms. The van der Waals surface area contributed by atoms with Gasteiger partial charge in [0.25, 0.3) is 0 Å². The molecule has 0 amide bonds.